The number of allylic oxidation sites excluding steroid dienone is 1. The zero-order chi connectivity index (χ0) is 19.7. The third-order valence-electron chi connectivity index (χ3n) is 4.40. The first-order valence-electron chi connectivity index (χ1n) is 8.32. The Morgan fingerprint density at radius 1 is 1.37 bits per heavy atom. The molecular formula is C19H20ClN5O2. The van der Waals surface area contributed by atoms with Gasteiger partial charge < -0.3 is 15.0 Å². The van der Waals surface area contributed by atoms with Gasteiger partial charge in [-0.2, -0.15) is 4.98 Å². The number of nitrogens with two attached hydrogens (primary N) is 1. The molecule has 0 bridgehead atoms. The molecule has 3 aromatic heterocycles. The third kappa shape index (κ3) is 3.38. The molecule has 0 aliphatic carbocycles. The first-order chi connectivity index (χ1) is 12.9. The summed E-state index contributed by atoms with van der Waals surface area (Å²) < 4.78 is 7.29. The van der Waals surface area contributed by atoms with E-state index in [9.17, 15) is 4.79 Å². The van der Waals surface area contributed by atoms with Crippen molar-refractivity contribution in [1.29, 1.82) is 0 Å². The molecule has 0 aliphatic rings. The lowest BCUT2D eigenvalue weighted by atomic mass is 10.1. The Hall–Kier alpha value is -2.93. The van der Waals surface area contributed by atoms with Crippen molar-refractivity contribution in [2.75, 3.05) is 12.8 Å². The number of nitrogens with zero attached hydrogens (tertiary/aromatic N) is 4. The highest BCUT2D eigenvalue weighted by atomic mass is 35.5. The summed E-state index contributed by atoms with van der Waals surface area (Å²) in [7, 11) is 1.63. The average molecular weight is 386 g/mol. The molecule has 0 spiro atoms. The highest BCUT2D eigenvalue weighted by Gasteiger charge is 2.17. The van der Waals surface area contributed by atoms with Crippen molar-refractivity contribution in [2.45, 2.75) is 26.8 Å². The van der Waals surface area contributed by atoms with Gasteiger partial charge in [0.15, 0.2) is 11.1 Å². The molecular weight excluding hydrogens is 366 g/mol. The van der Waals surface area contributed by atoms with Crippen molar-refractivity contribution in [3.63, 3.8) is 0 Å². The Morgan fingerprint density at radius 3 is 2.78 bits per heavy atom. The molecule has 0 amide bonds. The molecule has 8 heteroatoms. The molecule has 27 heavy (non-hydrogen) atoms. The van der Waals surface area contributed by atoms with E-state index in [0.717, 1.165) is 22.6 Å². The van der Waals surface area contributed by atoms with E-state index in [2.05, 4.69) is 21.5 Å². The van der Waals surface area contributed by atoms with Crippen LogP contribution in [0.15, 0.2) is 29.8 Å². The number of nitrogen functional groups attached to an aromatic ring is 1. The summed E-state index contributed by atoms with van der Waals surface area (Å²) in [5, 5.41) is 0.273. The quantitative estimate of drug-likeness (QED) is 0.536. The van der Waals surface area contributed by atoms with E-state index >= 15 is 0 Å². The lowest BCUT2D eigenvalue weighted by Crippen LogP contribution is -2.18. The van der Waals surface area contributed by atoms with E-state index in [0.29, 0.717) is 24.2 Å². The van der Waals surface area contributed by atoms with Gasteiger partial charge in [0, 0.05) is 29.1 Å². The molecule has 3 rings (SSSR count). The predicted octanol–water partition coefficient (Wildman–Crippen LogP) is 2.82. The SMILES string of the molecule is C=CCc1cn(Cc2ncc(C)c(OC)c2C)c2nc(N)nc(Cl)c2c1=O. The van der Waals surface area contributed by atoms with Gasteiger partial charge in [-0.05, 0) is 20.3 Å². The Labute approximate surface area is 161 Å². The summed E-state index contributed by atoms with van der Waals surface area (Å²) in [6.45, 7) is 7.97. The van der Waals surface area contributed by atoms with Gasteiger partial charge in [-0.25, -0.2) is 4.98 Å². The van der Waals surface area contributed by atoms with Gasteiger partial charge in [0.25, 0.3) is 0 Å². The number of fused-ring (bicyclic) bond motifs is 1. The highest BCUT2D eigenvalue weighted by Crippen LogP contribution is 2.26. The second kappa shape index (κ2) is 7.36. The molecule has 0 radical (unpaired) electrons. The van der Waals surface area contributed by atoms with Crippen molar-refractivity contribution in [2.24, 2.45) is 0 Å². The standard InChI is InChI=1S/C19H20ClN5O2/c1-5-6-12-8-25(9-13-11(3)16(27-4)10(2)7-22-13)18-14(15(12)26)17(20)23-19(21)24-18/h5,7-8H,1,6,9H2,2-4H3,(H2,21,23,24). The van der Waals surface area contributed by atoms with E-state index in [1.165, 1.54) is 0 Å². The molecule has 3 aromatic rings. The number of halogens is 1. The molecule has 140 valence electrons. The zero-order valence-corrected chi connectivity index (χ0v) is 16.2. The second-order valence-corrected chi connectivity index (χ2v) is 6.58. The summed E-state index contributed by atoms with van der Waals surface area (Å²) in [6.07, 6.45) is 5.56. The van der Waals surface area contributed by atoms with E-state index in [1.54, 1.807) is 25.6 Å². The van der Waals surface area contributed by atoms with Crippen LogP contribution in [0, 0.1) is 13.8 Å². The summed E-state index contributed by atoms with van der Waals surface area (Å²) in [5.41, 5.74) is 9.10. The summed E-state index contributed by atoms with van der Waals surface area (Å²) in [4.78, 5) is 25.5. The molecule has 0 saturated heterocycles. The van der Waals surface area contributed by atoms with Gasteiger partial charge >= 0.3 is 0 Å². The van der Waals surface area contributed by atoms with Crippen molar-refractivity contribution in [3.05, 3.63) is 62.8 Å². The molecule has 0 aromatic carbocycles. The molecule has 0 aliphatic heterocycles. The van der Waals surface area contributed by atoms with Crippen LogP contribution in [0.3, 0.4) is 0 Å². The van der Waals surface area contributed by atoms with Crippen LogP contribution in [0.4, 0.5) is 5.95 Å². The Morgan fingerprint density at radius 2 is 2.11 bits per heavy atom. The second-order valence-electron chi connectivity index (χ2n) is 6.22. The lowest BCUT2D eigenvalue weighted by molar-refractivity contribution is 0.406. The number of anilines is 1. The number of aryl methyl sites for hydroxylation is 1. The van der Waals surface area contributed by atoms with E-state index in [4.69, 9.17) is 22.1 Å². The number of rotatable bonds is 5. The smallest absolute Gasteiger partial charge is 0.223 e. The first kappa shape index (κ1) is 18.8. The van der Waals surface area contributed by atoms with Crippen molar-refractivity contribution >= 4 is 28.6 Å². The average Bonchev–Trinajstić information content (AvgIpc) is 2.61. The van der Waals surface area contributed by atoms with Gasteiger partial charge in [-0.1, -0.05) is 17.7 Å². The number of aromatic nitrogens is 4. The van der Waals surface area contributed by atoms with Crippen LogP contribution >= 0.6 is 11.6 Å². The fraction of sp³-hybridized carbons (Fsp3) is 0.263. The molecule has 0 fully saturated rings. The minimum absolute atomic E-state index is 0.00304. The largest absolute Gasteiger partial charge is 0.496 e. The fourth-order valence-electron chi connectivity index (χ4n) is 3.12. The van der Waals surface area contributed by atoms with Crippen LogP contribution in [0.1, 0.15) is 22.4 Å². The van der Waals surface area contributed by atoms with Gasteiger partial charge in [-0.3, -0.25) is 9.78 Å². The minimum atomic E-state index is -0.225. The molecule has 0 saturated carbocycles. The van der Waals surface area contributed by atoms with Crippen molar-refractivity contribution in [3.8, 4) is 5.75 Å². The zero-order valence-electron chi connectivity index (χ0n) is 15.4. The summed E-state index contributed by atoms with van der Waals surface area (Å²) in [5.74, 6) is 0.784. The summed E-state index contributed by atoms with van der Waals surface area (Å²) >= 11 is 6.21. The van der Waals surface area contributed by atoms with Gasteiger partial charge in [0.1, 0.15) is 16.3 Å². The molecule has 0 unspecified atom stereocenters. The Bertz CT molecular complexity index is 1110. The molecule has 0 atom stereocenters. The monoisotopic (exact) mass is 385 g/mol. The van der Waals surface area contributed by atoms with Crippen molar-refractivity contribution in [1.82, 2.24) is 19.5 Å². The Kier molecular flexibility index (Phi) is 5.14. The number of pyridine rings is 2. The van der Waals surface area contributed by atoms with Gasteiger partial charge in [0.05, 0.1) is 19.3 Å². The van der Waals surface area contributed by atoms with E-state index in [-0.39, 0.29) is 21.9 Å². The van der Waals surface area contributed by atoms with Crippen LogP contribution in [0.5, 0.6) is 5.75 Å². The Balaban J connectivity index is 2.27. The third-order valence-corrected chi connectivity index (χ3v) is 4.67. The maximum absolute atomic E-state index is 12.8. The number of ether oxygens (including phenoxy) is 1. The number of hydrogen-bond acceptors (Lipinski definition) is 6. The van der Waals surface area contributed by atoms with E-state index < -0.39 is 0 Å². The number of methoxy groups -OCH3 is 1. The molecule has 3 heterocycles. The first-order valence-corrected chi connectivity index (χ1v) is 8.70. The van der Waals surface area contributed by atoms with Crippen LogP contribution in [-0.2, 0) is 13.0 Å². The maximum Gasteiger partial charge on any atom is 0.223 e. The van der Waals surface area contributed by atoms with Crippen LogP contribution in [0.25, 0.3) is 11.0 Å². The van der Waals surface area contributed by atoms with Gasteiger partial charge in [-0.15, -0.1) is 6.58 Å². The van der Waals surface area contributed by atoms with Gasteiger partial charge in [0.2, 0.25) is 5.95 Å². The topological polar surface area (TPSA) is 95.9 Å². The van der Waals surface area contributed by atoms with Crippen LogP contribution in [0.2, 0.25) is 5.15 Å². The molecule has 7 nitrogen and oxygen atoms in total. The molecule has 2 N–H and O–H groups in total. The highest BCUT2D eigenvalue weighted by molar-refractivity contribution is 6.34. The normalized spacial score (nSPS) is 11.0. The number of hydrogen-bond donors (Lipinski definition) is 1. The maximum atomic E-state index is 12.8. The van der Waals surface area contributed by atoms with Crippen molar-refractivity contribution < 1.29 is 4.74 Å². The van der Waals surface area contributed by atoms with Crippen LogP contribution in [-0.4, -0.2) is 26.6 Å². The minimum Gasteiger partial charge on any atom is -0.496 e. The fourth-order valence-corrected chi connectivity index (χ4v) is 3.38. The lowest BCUT2D eigenvalue weighted by Gasteiger charge is -2.16. The predicted molar refractivity (Wildman–Crippen MR) is 106 cm³/mol. The van der Waals surface area contributed by atoms with Crippen LogP contribution < -0.4 is 15.9 Å². The van der Waals surface area contributed by atoms with E-state index in [1.807, 2.05) is 18.4 Å². The summed E-state index contributed by atoms with van der Waals surface area (Å²) in [6, 6.07) is 0.